The van der Waals surface area contributed by atoms with Gasteiger partial charge in [0.2, 0.25) is 0 Å². The minimum Gasteiger partial charge on any atom is -0.493 e. The Morgan fingerprint density at radius 2 is 2.21 bits per heavy atom. The van der Waals surface area contributed by atoms with Crippen molar-refractivity contribution in [1.29, 1.82) is 0 Å². The topological polar surface area (TPSA) is 60.5 Å². The molecule has 0 unspecified atom stereocenters. The van der Waals surface area contributed by atoms with E-state index in [0.29, 0.717) is 23.7 Å². The minimum absolute atomic E-state index is 0.203. The fourth-order valence-electron chi connectivity index (χ4n) is 1.68. The molecule has 0 saturated carbocycles. The zero-order valence-electron chi connectivity index (χ0n) is 10.7. The number of nitrogens with one attached hydrogen (secondary N) is 1. The highest BCUT2D eigenvalue weighted by molar-refractivity contribution is 7.07. The maximum Gasteiger partial charge on any atom is 0.271 e. The van der Waals surface area contributed by atoms with Gasteiger partial charge in [0.1, 0.15) is 5.69 Å². The largest absolute Gasteiger partial charge is 0.493 e. The van der Waals surface area contributed by atoms with E-state index in [1.807, 2.05) is 18.2 Å². The van der Waals surface area contributed by atoms with Crippen LogP contribution in [0.2, 0.25) is 0 Å². The van der Waals surface area contributed by atoms with Gasteiger partial charge in [0.15, 0.2) is 11.5 Å². The van der Waals surface area contributed by atoms with Crippen LogP contribution in [0.25, 0.3) is 0 Å². The molecule has 1 N–H and O–H groups in total. The van der Waals surface area contributed by atoms with Crippen LogP contribution in [0.1, 0.15) is 16.1 Å². The number of amides is 1. The fourth-order valence-corrected chi connectivity index (χ4v) is 2.22. The summed E-state index contributed by atoms with van der Waals surface area (Å²) in [6.07, 6.45) is 0. The summed E-state index contributed by atoms with van der Waals surface area (Å²) in [4.78, 5) is 15.7. The van der Waals surface area contributed by atoms with Gasteiger partial charge in [0, 0.05) is 17.5 Å². The number of thiazole rings is 1. The van der Waals surface area contributed by atoms with Crippen molar-refractivity contribution in [2.75, 3.05) is 14.2 Å². The first kappa shape index (κ1) is 13.4. The van der Waals surface area contributed by atoms with Crippen molar-refractivity contribution in [3.63, 3.8) is 0 Å². The first-order valence-corrected chi connectivity index (χ1v) is 6.56. The summed E-state index contributed by atoms with van der Waals surface area (Å²) in [6.45, 7) is 0.358. The van der Waals surface area contributed by atoms with Gasteiger partial charge in [0.25, 0.3) is 5.91 Å². The monoisotopic (exact) mass is 278 g/mol. The first-order chi connectivity index (χ1) is 9.26. The highest BCUT2D eigenvalue weighted by atomic mass is 32.1. The highest BCUT2D eigenvalue weighted by Crippen LogP contribution is 2.30. The van der Waals surface area contributed by atoms with Crippen molar-refractivity contribution < 1.29 is 14.3 Å². The molecule has 0 atom stereocenters. The van der Waals surface area contributed by atoms with Crippen molar-refractivity contribution in [2.24, 2.45) is 0 Å². The predicted octanol–water partition coefficient (Wildman–Crippen LogP) is 2.09. The Morgan fingerprint density at radius 3 is 2.84 bits per heavy atom. The van der Waals surface area contributed by atoms with Crippen LogP contribution in [-0.2, 0) is 6.54 Å². The average Bonchev–Trinajstić information content (AvgIpc) is 2.98. The lowest BCUT2D eigenvalue weighted by molar-refractivity contribution is 0.0946. The number of methoxy groups -OCH3 is 2. The third-order valence-corrected chi connectivity index (χ3v) is 3.18. The Bertz CT molecular complexity index is 555. The number of carbonyl (C=O) groups is 1. The van der Waals surface area contributed by atoms with Crippen molar-refractivity contribution in [3.8, 4) is 11.5 Å². The second kappa shape index (κ2) is 6.19. The van der Waals surface area contributed by atoms with E-state index in [0.717, 1.165) is 5.56 Å². The molecule has 0 aliphatic heterocycles. The van der Waals surface area contributed by atoms with Crippen LogP contribution in [0.3, 0.4) is 0 Å². The van der Waals surface area contributed by atoms with E-state index >= 15 is 0 Å². The number of carbonyl (C=O) groups excluding carboxylic acids is 1. The maximum atomic E-state index is 11.8. The molecule has 100 valence electrons. The lowest BCUT2D eigenvalue weighted by atomic mass is 10.2. The number of hydrogen-bond acceptors (Lipinski definition) is 5. The van der Waals surface area contributed by atoms with E-state index in [9.17, 15) is 4.79 Å². The summed E-state index contributed by atoms with van der Waals surface area (Å²) in [5.41, 5.74) is 2.90. The molecule has 0 aliphatic rings. The first-order valence-electron chi connectivity index (χ1n) is 5.62. The Balaban J connectivity index is 2.09. The average molecular weight is 278 g/mol. The van der Waals surface area contributed by atoms with Gasteiger partial charge in [-0.1, -0.05) is 12.1 Å². The highest BCUT2D eigenvalue weighted by Gasteiger charge is 2.12. The normalized spacial score (nSPS) is 10.0. The summed E-state index contributed by atoms with van der Waals surface area (Å²) in [6, 6.07) is 5.54. The molecule has 1 aromatic carbocycles. The van der Waals surface area contributed by atoms with Crippen molar-refractivity contribution in [3.05, 3.63) is 40.3 Å². The van der Waals surface area contributed by atoms with Crippen LogP contribution < -0.4 is 14.8 Å². The summed E-state index contributed by atoms with van der Waals surface area (Å²) in [5, 5.41) is 4.50. The van der Waals surface area contributed by atoms with E-state index in [2.05, 4.69) is 10.3 Å². The van der Waals surface area contributed by atoms with Gasteiger partial charge in [-0.25, -0.2) is 4.98 Å². The van der Waals surface area contributed by atoms with Gasteiger partial charge in [0.05, 0.1) is 19.7 Å². The van der Waals surface area contributed by atoms with Crippen LogP contribution in [0.5, 0.6) is 11.5 Å². The lowest BCUT2D eigenvalue weighted by Crippen LogP contribution is -2.23. The van der Waals surface area contributed by atoms with Gasteiger partial charge in [-0.05, 0) is 6.07 Å². The van der Waals surface area contributed by atoms with Crippen LogP contribution in [0, 0.1) is 0 Å². The zero-order valence-corrected chi connectivity index (χ0v) is 11.5. The van der Waals surface area contributed by atoms with Gasteiger partial charge in [-0.3, -0.25) is 4.79 Å². The molecule has 0 bridgehead atoms. The molecule has 0 saturated heterocycles. The third kappa shape index (κ3) is 3.03. The van der Waals surface area contributed by atoms with E-state index in [-0.39, 0.29) is 5.91 Å². The van der Waals surface area contributed by atoms with E-state index in [4.69, 9.17) is 9.47 Å². The number of aromatic nitrogens is 1. The van der Waals surface area contributed by atoms with Crippen LogP contribution in [0.4, 0.5) is 0 Å². The van der Waals surface area contributed by atoms with Crippen LogP contribution in [-0.4, -0.2) is 25.1 Å². The summed E-state index contributed by atoms with van der Waals surface area (Å²) >= 11 is 1.39. The number of rotatable bonds is 5. The Kier molecular flexibility index (Phi) is 4.35. The van der Waals surface area contributed by atoms with Gasteiger partial charge < -0.3 is 14.8 Å². The molecule has 19 heavy (non-hydrogen) atoms. The molecule has 6 heteroatoms. The Hall–Kier alpha value is -2.08. The summed E-state index contributed by atoms with van der Waals surface area (Å²) in [7, 11) is 3.15. The molecular weight excluding hydrogens is 264 g/mol. The second-order valence-electron chi connectivity index (χ2n) is 3.71. The van der Waals surface area contributed by atoms with Crippen LogP contribution >= 0.6 is 11.3 Å². The number of benzene rings is 1. The molecular formula is C13H14N2O3S. The molecule has 5 nitrogen and oxygen atoms in total. The zero-order chi connectivity index (χ0) is 13.7. The molecule has 1 heterocycles. The molecule has 0 aliphatic carbocycles. The van der Waals surface area contributed by atoms with Gasteiger partial charge in [-0.2, -0.15) is 0 Å². The molecule has 1 aromatic heterocycles. The molecule has 0 radical (unpaired) electrons. The van der Waals surface area contributed by atoms with E-state index in [1.165, 1.54) is 11.3 Å². The standard InChI is InChI=1S/C13H14N2O3S/c1-17-11-5-3-4-9(12(11)18-2)6-14-13(16)10-7-19-8-15-10/h3-5,7-8H,6H2,1-2H3,(H,14,16). The van der Waals surface area contributed by atoms with Gasteiger partial charge in [-0.15, -0.1) is 11.3 Å². The fraction of sp³-hybridized carbons (Fsp3) is 0.231. The van der Waals surface area contributed by atoms with Crippen molar-refractivity contribution >= 4 is 17.2 Å². The predicted molar refractivity (Wildman–Crippen MR) is 72.8 cm³/mol. The van der Waals surface area contributed by atoms with Crippen molar-refractivity contribution in [1.82, 2.24) is 10.3 Å². The molecule has 1 amide bonds. The minimum atomic E-state index is -0.203. The summed E-state index contributed by atoms with van der Waals surface area (Å²) < 4.78 is 10.5. The molecule has 2 aromatic rings. The Labute approximate surface area is 115 Å². The van der Waals surface area contributed by atoms with Gasteiger partial charge >= 0.3 is 0 Å². The van der Waals surface area contributed by atoms with E-state index < -0.39 is 0 Å². The molecule has 2 rings (SSSR count). The second-order valence-corrected chi connectivity index (χ2v) is 4.43. The number of para-hydroxylation sites is 1. The van der Waals surface area contributed by atoms with Crippen molar-refractivity contribution in [2.45, 2.75) is 6.54 Å². The quantitative estimate of drug-likeness (QED) is 0.909. The van der Waals surface area contributed by atoms with E-state index in [1.54, 1.807) is 25.1 Å². The maximum absolute atomic E-state index is 11.8. The number of hydrogen-bond donors (Lipinski definition) is 1. The SMILES string of the molecule is COc1cccc(CNC(=O)c2cscn2)c1OC. The lowest BCUT2D eigenvalue weighted by Gasteiger charge is -2.12. The number of nitrogens with zero attached hydrogens (tertiary/aromatic N) is 1. The third-order valence-electron chi connectivity index (χ3n) is 2.59. The smallest absolute Gasteiger partial charge is 0.271 e. The summed E-state index contributed by atoms with van der Waals surface area (Å²) in [5.74, 6) is 1.07. The van der Waals surface area contributed by atoms with Crippen LogP contribution in [0.15, 0.2) is 29.1 Å². The molecule has 0 spiro atoms. The molecule has 0 fully saturated rings. The number of ether oxygens (including phenoxy) is 2. The Morgan fingerprint density at radius 1 is 1.37 bits per heavy atom.